The predicted molar refractivity (Wildman–Crippen MR) is 109 cm³/mol. The standard InChI is InChI=1S/C21H17Cl2NO3/c1-2-27-20(26)9-7-14-4-3-5-18-16(13-25)12-24(21(14)18)11-15-6-8-17(22)10-19(15)23/h3-10,12-13H,2,11H2,1H3/b9-7+. The minimum Gasteiger partial charge on any atom is -0.463 e. The Morgan fingerprint density at radius 2 is 2.00 bits per heavy atom. The van der Waals surface area contributed by atoms with Crippen molar-refractivity contribution in [2.24, 2.45) is 0 Å². The Bertz CT molecular complexity index is 1040. The van der Waals surface area contributed by atoms with Gasteiger partial charge >= 0.3 is 5.97 Å². The molecule has 3 aromatic rings. The fourth-order valence-corrected chi connectivity index (χ4v) is 3.42. The van der Waals surface area contributed by atoms with Gasteiger partial charge in [0.1, 0.15) is 0 Å². The minimum atomic E-state index is -0.413. The highest BCUT2D eigenvalue weighted by Gasteiger charge is 2.12. The van der Waals surface area contributed by atoms with Gasteiger partial charge in [0.2, 0.25) is 0 Å². The van der Waals surface area contributed by atoms with E-state index >= 15 is 0 Å². The molecular weight excluding hydrogens is 385 g/mol. The molecule has 0 atom stereocenters. The van der Waals surface area contributed by atoms with Crippen molar-refractivity contribution in [3.05, 3.63) is 75.4 Å². The molecule has 27 heavy (non-hydrogen) atoms. The maximum Gasteiger partial charge on any atom is 0.330 e. The molecule has 138 valence electrons. The fraction of sp³-hybridized carbons (Fsp3) is 0.143. The van der Waals surface area contributed by atoms with Crippen LogP contribution in [-0.2, 0) is 16.1 Å². The van der Waals surface area contributed by atoms with E-state index in [1.54, 1.807) is 31.3 Å². The van der Waals surface area contributed by atoms with Crippen molar-refractivity contribution in [3.63, 3.8) is 0 Å². The monoisotopic (exact) mass is 401 g/mol. The second-order valence-corrected chi connectivity index (χ2v) is 6.74. The fourth-order valence-electron chi connectivity index (χ4n) is 2.95. The molecule has 4 nitrogen and oxygen atoms in total. The van der Waals surface area contributed by atoms with Crippen LogP contribution in [-0.4, -0.2) is 23.4 Å². The number of carbonyl (C=O) groups excluding carboxylic acids is 2. The number of esters is 1. The SMILES string of the molecule is CCOC(=O)/C=C/c1cccc2c(C=O)cn(Cc3ccc(Cl)cc3Cl)c12. The molecule has 0 fully saturated rings. The normalized spacial score (nSPS) is 11.2. The van der Waals surface area contributed by atoms with Crippen LogP contribution in [0.2, 0.25) is 10.0 Å². The predicted octanol–water partition coefficient (Wildman–Crippen LogP) is 5.39. The second-order valence-electron chi connectivity index (χ2n) is 5.89. The van der Waals surface area contributed by atoms with Gasteiger partial charge in [0.25, 0.3) is 0 Å². The van der Waals surface area contributed by atoms with Gasteiger partial charge in [-0.15, -0.1) is 0 Å². The highest BCUT2D eigenvalue weighted by molar-refractivity contribution is 6.35. The van der Waals surface area contributed by atoms with Crippen molar-refractivity contribution in [1.82, 2.24) is 4.57 Å². The van der Waals surface area contributed by atoms with Crippen LogP contribution >= 0.6 is 23.2 Å². The lowest BCUT2D eigenvalue weighted by Gasteiger charge is -2.10. The number of fused-ring (bicyclic) bond motifs is 1. The lowest BCUT2D eigenvalue weighted by Crippen LogP contribution is -2.01. The zero-order chi connectivity index (χ0) is 19.4. The Hall–Kier alpha value is -2.56. The molecular formula is C21H17Cl2NO3. The lowest BCUT2D eigenvalue weighted by molar-refractivity contribution is -0.137. The number of halogens is 2. The molecule has 0 saturated carbocycles. The molecule has 0 saturated heterocycles. The smallest absolute Gasteiger partial charge is 0.330 e. The summed E-state index contributed by atoms with van der Waals surface area (Å²) in [6.45, 7) is 2.53. The number of ether oxygens (including phenoxy) is 1. The van der Waals surface area contributed by atoms with Crippen LogP contribution in [0.25, 0.3) is 17.0 Å². The number of aromatic nitrogens is 1. The topological polar surface area (TPSA) is 48.3 Å². The molecule has 0 bridgehead atoms. The van der Waals surface area contributed by atoms with Crippen molar-refractivity contribution in [2.45, 2.75) is 13.5 Å². The summed E-state index contributed by atoms with van der Waals surface area (Å²) in [5.74, 6) is -0.413. The van der Waals surface area contributed by atoms with Gasteiger partial charge in [0.15, 0.2) is 6.29 Å². The summed E-state index contributed by atoms with van der Waals surface area (Å²) in [6, 6.07) is 10.9. The van der Waals surface area contributed by atoms with Crippen molar-refractivity contribution < 1.29 is 14.3 Å². The van der Waals surface area contributed by atoms with Crippen molar-refractivity contribution >= 4 is 52.4 Å². The van der Waals surface area contributed by atoms with Gasteiger partial charge in [-0.05, 0) is 36.3 Å². The van der Waals surface area contributed by atoms with Gasteiger partial charge < -0.3 is 9.30 Å². The van der Waals surface area contributed by atoms with Gasteiger partial charge in [0, 0.05) is 39.8 Å². The van der Waals surface area contributed by atoms with Gasteiger partial charge in [0.05, 0.1) is 12.1 Å². The van der Waals surface area contributed by atoms with E-state index in [2.05, 4.69) is 0 Å². The Morgan fingerprint density at radius 1 is 1.19 bits per heavy atom. The molecule has 0 amide bonds. The summed E-state index contributed by atoms with van der Waals surface area (Å²) in [7, 11) is 0. The molecule has 0 aliphatic heterocycles. The average molecular weight is 402 g/mol. The van der Waals surface area contributed by atoms with Crippen LogP contribution in [0, 0.1) is 0 Å². The Kier molecular flexibility index (Phi) is 5.99. The van der Waals surface area contributed by atoms with E-state index in [0.29, 0.717) is 28.8 Å². The molecule has 0 N–H and O–H groups in total. The van der Waals surface area contributed by atoms with E-state index in [1.807, 2.05) is 28.8 Å². The molecule has 0 aliphatic rings. The summed E-state index contributed by atoms with van der Waals surface area (Å²) in [5.41, 5.74) is 3.09. The van der Waals surface area contributed by atoms with Crippen LogP contribution in [0.5, 0.6) is 0 Å². The first-order valence-electron chi connectivity index (χ1n) is 8.39. The molecule has 1 heterocycles. The first-order chi connectivity index (χ1) is 13.0. The second kappa shape index (κ2) is 8.42. The number of rotatable bonds is 6. The van der Waals surface area contributed by atoms with E-state index in [1.165, 1.54) is 6.08 Å². The van der Waals surface area contributed by atoms with Gasteiger partial charge in [-0.3, -0.25) is 4.79 Å². The Labute approximate surface area is 166 Å². The molecule has 6 heteroatoms. The number of carbonyl (C=O) groups is 2. The van der Waals surface area contributed by atoms with E-state index in [4.69, 9.17) is 27.9 Å². The third kappa shape index (κ3) is 4.24. The van der Waals surface area contributed by atoms with Crippen molar-refractivity contribution in [1.29, 1.82) is 0 Å². The average Bonchev–Trinajstić information content (AvgIpc) is 3.01. The molecule has 0 radical (unpaired) electrons. The van der Waals surface area contributed by atoms with Crippen molar-refractivity contribution in [3.8, 4) is 0 Å². The van der Waals surface area contributed by atoms with Gasteiger partial charge in [-0.25, -0.2) is 4.79 Å². The van der Waals surface area contributed by atoms with Crippen LogP contribution in [0.3, 0.4) is 0 Å². The Morgan fingerprint density at radius 3 is 2.70 bits per heavy atom. The number of hydrogen-bond donors (Lipinski definition) is 0. The third-order valence-corrected chi connectivity index (χ3v) is 4.72. The molecule has 3 rings (SSSR count). The molecule has 1 aromatic heterocycles. The van der Waals surface area contributed by atoms with Crippen LogP contribution < -0.4 is 0 Å². The summed E-state index contributed by atoms with van der Waals surface area (Å²) in [6.07, 6.45) is 5.67. The van der Waals surface area contributed by atoms with Crippen LogP contribution in [0.15, 0.2) is 48.7 Å². The first-order valence-corrected chi connectivity index (χ1v) is 9.15. The summed E-state index contributed by atoms with van der Waals surface area (Å²) < 4.78 is 6.88. The third-order valence-electron chi connectivity index (χ3n) is 4.13. The number of hydrogen-bond acceptors (Lipinski definition) is 3. The number of aldehydes is 1. The van der Waals surface area contributed by atoms with Gasteiger partial charge in [-0.2, -0.15) is 0 Å². The largest absolute Gasteiger partial charge is 0.463 e. The quantitative estimate of drug-likeness (QED) is 0.316. The van der Waals surface area contributed by atoms with E-state index in [0.717, 1.165) is 28.3 Å². The number of benzene rings is 2. The minimum absolute atomic E-state index is 0.314. The van der Waals surface area contributed by atoms with Crippen LogP contribution in [0.4, 0.5) is 0 Å². The zero-order valence-electron chi connectivity index (χ0n) is 14.6. The molecule has 0 unspecified atom stereocenters. The van der Waals surface area contributed by atoms with E-state index in [-0.39, 0.29) is 0 Å². The summed E-state index contributed by atoms with van der Waals surface area (Å²) in [5, 5.41) is 1.92. The Balaban J connectivity index is 2.09. The summed E-state index contributed by atoms with van der Waals surface area (Å²) in [4.78, 5) is 23.2. The molecule has 0 spiro atoms. The lowest BCUT2D eigenvalue weighted by atomic mass is 10.1. The molecule has 2 aromatic carbocycles. The molecule has 0 aliphatic carbocycles. The zero-order valence-corrected chi connectivity index (χ0v) is 16.1. The number of nitrogens with zero attached hydrogens (tertiary/aromatic N) is 1. The maximum atomic E-state index is 11.7. The summed E-state index contributed by atoms with van der Waals surface area (Å²) >= 11 is 12.3. The van der Waals surface area contributed by atoms with E-state index < -0.39 is 5.97 Å². The van der Waals surface area contributed by atoms with Gasteiger partial charge in [-0.1, -0.05) is 47.5 Å². The van der Waals surface area contributed by atoms with E-state index in [9.17, 15) is 9.59 Å². The van der Waals surface area contributed by atoms with Crippen molar-refractivity contribution in [2.75, 3.05) is 6.61 Å². The highest BCUT2D eigenvalue weighted by Crippen LogP contribution is 2.28. The highest BCUT2D eigenvalue weighted by atomic mass is 35.5. The maximum absolute atomic E-state index is 11.7. The first kappa shape index (κ1) is 19.2. The van der Waals surface area contributed by atoms with Crippen LogP contribution in [0.1, 0.15) is 28.4 Å². The number of para-hydroxylation sites is 1.